The van der Waals surface area contributed by atoms with E-state index in [2.05, 4.69) is 45.9 Å². The van der Waals surface area contributed by atoms with Crippen LogP contribution in [0.4, 0.5) is 11.4 Å². The standard InChI is InChI=1S/C18H23N4/c1-20-11-5-4-8-17(20)14-19-22(3)16-9-10-18-15(13-16)7-6-12-21(18)2/h4-5,8-11,13-14H,6-7,12H2,1-3H3/q+1. The fourth-order valence-corrected chi connectivity index (χ4v) is 2.86. The first-order chi connectivity index (χ1) is 10.6. The molecule has 0 spiro atoms. The minimum atomic E-state index is 1.08. The number of hydrogen-bond donors (Lipinski definition) is 0. The number of aryl methyl sites for hydroxylation is 2. The van der Waals surface area contributed by atoms with E-state index in [1.54, 1.807) is 0 Å². The number of hydrogen-bond acceptors (Lipinski definition) is 3. The fourth-order valence-electron chi connectivity index (χ4n) is 2.86. The van der Waals surface area contributed by atoms with Gasteiger partial charge in [-0.1, -0.05) is 0 Å². The van der Waals surface area contributed by atoms with Gasteiger partial charge in [-0.3, -0.25) is 5.01 Å². The quantitative estimate of drug-likeness (QED) is 0.493. The van der Waals surface area contributed by atoms with Crippen LogP contribution in [0.25, 0.3) is 0 Å². The Bertz CT molecular complexity index is 693. The average molecular weight is 295 g/mol. The molecule has 1 aliphatic rings. The van der Waals surface area contributed by atoms with Crippen LogP contribution >= 0.6 is 0 Å². The van der Waals surface area contributed by atoms with Gasteiger partial charge in [0, 0.05) is 38.5 Å². The Kier molecular flexibility index (Phi) is 4.09. The number of hydrazone groups is 1. The lowest BCUT2D eigenvalue weighted by molar-refractivity contribution is -0.672. The molecule has 0 bridgehead atoms. The molecule has 1 aromatic carbocycles. The molecule has 0 saturated carbocycles. The molecule has 0 fully saturated rings. The highest BCUT2D eigenvalue weighted by Gasteiger charge is 2.14. The van der Waals surface area contributed by atoms with Gasteiger partial charge in [-0.25, -0.2) is 4.57 Å². The molecule has 0 unspecified atom stereocenters. The molecule has 4 nitrogen and oxygen atoms in total. The number of aromatic nitrogens is 1. The van der Waals surface area contributed by atoms with Crippen LogP contribution < -0.4 is 14.5 Å². The molecule has 2 heterocycles. The molecule has 2 aromatic rings. The topological polar surface area (TPSA) is 22.7 Å². The molecule has 0 radical (unpaired) electrons. The van der Waals surface area contributed by atoms with Crippen molar-refractivity contribution in [3.63, 3.8) is 0 Å². The van der Waals surface area contributed by atoms with E-state index >= 15 is 0 Å². The van der Waals surface area contributed by atoms with Crippen LogP contribution in [0.2, 0.25) is 0 Å². The van der Waals surface area contributed by atoms with Crippen molar-refractivity contribution in [1.82, 2.24) is 0 Å². The Hall–Kier alpha value is -2.36. The highest BCUT2D eigenvalue weighted by atomic mass is 15.4. The Labute approximate surface area is 132 Å². The van der Waals surface area contributed by atoms with E-state index in [0.29, 0.717) is 0 Å². The number of fused-ring (bicyclic) bond motifs is 1. The van der Waals surface area contributed by atoms with Crippen LogP contribution in [-0.4, -0.2) is 26.9 Å². The van der Waals surface area contributed by atoms with Crippen molar-refractivity contribution in [3.8, 4) is 0 Å². The van der Waals surface area contributed by atoms with Crippen LogP contribution in [0.5, 0.6) is 0 Å². The summed E-state index contributed by atoms with van der Waals surface area (Å²) in [5.74, 6) is 0. The van der Waals surface area contributed by atoms with Gasteiger partial charge in [0.05, 0.1) is 5.69 Å². The fraction of sp³-hybridized carbons (Fsp3) is 0.333. The van der Waals surface area contributed by atoms with Crippen molar-refractivity contribution in [2.45, 2.75) is 12.8 Å². The van der Waals surface area contributed by atoms with E-state index in [9.17, 15) is 0 Å². The molecule has 3 rings (SSSR count). The molecule has 1 aromatic heterocycles. The van der Waals surface area contributed by atoms with Gasteiger partial charge in [0.1, 0.15) is 13.3 Å². The van der Waals surface area contributed by atoms with Gasteiger partial charge in [0.2, 0.25) is 5.69 Å². The Morgan fingerprint density at radius 1 is 1.27 bits per heavy atom. The van der Waals surface area contributed by atoms with Crippen LogP contribution in [0.3, 0.4) is 0 Å². The molecular weight excluding hydrogens is 272 g/mol. The predicted octanol–water partition coefficient (Wildman–Crippen LogP) is 2.36. The lowest BCUT2D eigenvalue weighted by atomic mass is 10.0. The second kappa shape index (κ2) is 6.18. The number of rotatable bonds is 3. The van der Waals surface area contributed by atoms with Crippen LogP contribution in [-0.2, 0) is 13.5 Å². The van der Waals surface area contributed by atoms with E-state index in [1.807, 2.05) is 43.6 Å². The highest BCUT2D eigenvalue weighted by molar-refractivity contribution is 5.76. The van der Waals surface area contributed by atoms with Gasteiger partial charge < -0.3 is 4.90 Å². The molecule has 0 N–H and O–H groups in total. The molecule has 114 valence electrons. The van der Waals surface area contributed by atoms with Crippen LogP contribution in [0.1, 0.15) is 17.7 Å². The summed E-state index contributed by atoms with van der Waals surface area (Å²) in [6.07, 6.45) is 6.29. The summed E-state index contributed by atoms with van der Waals surface area (Å²) in [5.41, 5.74) is 4.97. The maximum atomic E-state index is 4.57. The average Bonchev–Trinajstić information content (AvgIpc) is 2.54. The second-order valence-electron chi connectivity index (χ2n) is 5.84. The van der Waals surface area contributed by atoms with Crippen LogP contribution in [0.15, 0.2) is 47.7 Å². The predicted molar refractivity (Wildman–Crippen MR) is 91.6 cm³/mol. The third-order valence-corrected chi connectivity index (χ3v) is 4.25. The zero-order valence-corrected chi connectivity index (χ0v) is 13.5. The highest BCUT2D eigenvalue weighted by Crippen LogP contribution is 2.29. The molecule has 0 atom stereocenters. The zero-order chi connectivity index (χ0) is 15.5. The first-order valence-corrected chi connectivity index (χ1v) is 7.71. The SMILES string of the molecule is CN1CCCc2cc(N(C)/N=C/c3cccc[n+]3C)ccc21. The summed E-state index contributed by atoms with van der Waals surface area (Å²) in [7, 11) is 6.18. The minimum absolute atomic E-state index is 1.08. The Balaban J connectivity index is 1.81. The first kappa shape index (κ1) is 14.6. The lowest BCUT2D eigenvalue weighted by Gasteiger charge is -2.28. The van der Waals surface area contributed by atoms with Gasteiger partial charge >= 0.3 is 0 Å². The van der Waals surface area contributed by atoms with Gasteiger partial charge in [0.15, 0.2) is 6.20 Å². The van der Waals surface area contributed by atoms with Gasteiger partial charge in [0.25, 0.3) is 0 Å². The summed E-state index contributed by atoms with van der Waals surface area (Å²) < 4.78 is 2.05. The van der Waals surface area contributed by atoms with Gasteiger partial charge in [-0.05, 0) is 42.7 Å². The van der Waals surface area contributed by atoms with Crippen molar-refractivity contribution in [2.75, 3.05) is 30.5 Å². The van der Waals surface area contributed by atoms with Crippen molar-refractivity contribution in [3.05, 3.63) is 53.9 Å². The molecule has 4 heteroatoms. The van der Waals surface area contributed by atoms with Crippen molar-refractivity contribution < 1.29 is 4.57 Å². The smallest absolute Gasteiger partial charge is 0.225 e. The van der Waals surface area contributed by atoms with Crippen molar-refractivity contribution in [2.24, 2.45) is 12.1 Å². The number of pyridine rings is 1. The van der Waals surface area contributed by atoms with Crippen molar-refractivity contribution in [1.29, 1.82) is 0 Å². The van der Waals surface area contributed by atoms with Crippen LogP contribution in [0, 0.1) is 0 Å². The third-order valence-electron chi connectivity index (χ3n) is 4.25. The maximum Gasteiger partial charge on any atom is 0.225 e. The largest absolute Gasteiger partial charge is 0.374 e. The Morgan fingerprint density at radius 2 is 2.14 bits per heavy atom. The third kappa shape index (κ3) is 2.96. The first-order valence-electron chi connectivity index (χ1n) is 7.71. The molecular formula is C18H23N4+. The molecule has 0 aliphatic carbocycles. The second-order valence-corrected chi connectivity index (χ2v) is 5.84. The number of nitrogens with zero attached hydrogens (tertiary/aromatic N) is 4. The summed E-state index contributed by atoms with van der Waals surface area (Å²) in [4.78, 5) is 2.33. The lowest BCUT2D eigenvalue weighted by Crippen LogP contribution is -2.32. The maximum absolute atomic E-state index is 4.57. The van der Waals surface area contributed by atoms with E-state index in [4.69, 9.17) is 0 Å². The van der Waals surface area contributed by atoms with E-state index in [0.717, 1.165) is 24.3 Å². The van der Waals surface area contributed by atoms with E-state index in [1.165, 1.54) is 17.7 Å². The number of benzene rings is 1. The van der Waals surface area contributed by atoms with Crippen molar-refractivity contribution >= 4 is 17.6 Å². The summed E-state index contributed by atoms with van der Waals surface area (Å²) in [6, 6.07) is 12.7. The van der Waals surface area contributed by atoms with Gasteiger partial charge in [-0.15, -0.1) is 0 Å². The minimum Gasteiger partial charge on any atom is -0.374 e. The summed E-state index contributed by atoms with van der Waals surface area (Å²) in [5, 5.41) is 6.50. The van der Waals surface area contributed by atoms with Gasteiger partial charge in [-0.2, -0.15) is 5.10 Å². The Morgan fingerprint density at radius 3 is 2.95 bits per heavy atom. The van der Waals surface area contributed by atoms with E-state index < -0.39 is 0 Å². The molecule has 1 aliphatic heterocycles. The summed E-state index contributed by atoms with van der Waals surface area (Å²) >= 11 is 0. The molecule has 0 amide bonds. The summed E-state index contributed by atoms with van der Waals surface area (Å²) in [6.45, 7) is 1.14. The monoisotopic (exact) mass is 295 g/mol. The zero-order valence-electron chi connectivity index (χ0n) is 13.5. The number of anilines is 2. The van der Waals surface area contributed by atoms with E-state index in [-0.39, 0.29) is 0 Å². The molecule has 22 heavy (non-hydrogen) atoms. The normalized spacial score (nSPS) is 14.2. The molecule has 0 saturated heterocycles.